The second-order valence-corrected chi connectivity index (χ2v) is 10.2. The molecule has 2 aromatic rings. The van der Waals surface area contributed by atoms with Gasteiger partial charge in [0.15, 0.2) is 6.10 Å². The maximum atomic E-state index is 13.0. The number of anilines is 1. The van der Waals surface area contributed by atoms with Crippen molar-refractivity contribution in [2.75, 3.05) is 24.7 Å². The SMILES string of the molecule is CC[C@@H](Oc1ccc(N(C)S(C)(=O)=O)cc1)C(=O)N[C@@H](CC(C)C)c1ccc(OC)cc1. The number of rotatable bonds is 11. The van der Waals surface area contributed by atoms with E-state index in [9.17, 15) is 13.2 Å². The summed E-state index contributed by atoms with van der Waals surface area (Å²) in [6.45, 7) is 6.12. The molecule has 1 amide bonds. The van der Waals surface area contributed by atoms with Crippen molar-refractivity contribution in [1.82, 2.24) is 5.32 Å². The molecule has 0 aliphatic carbocycles. The van der Waals surface area contributed by atoms with E-state index in [0.717, 1.165) is 24.0 Å². The number of carbonyl (C=O) groups is 1. The van der Waals surface area contributed by atoms with Gasteiger partial charge in [-0.05, 0) is 60.7 Å². The molecule has 0 bridgehead atoms. The molecule has 2 rings (SSSR count). The molecule has 0 fully saturated rings. The first-order chi connectivity index (χ1) is 15.0. The molecule has 2 atom stereocenters. The Morgan fingerprint density at radius 3 is 2.06 bits per heavy atom. The fraction of sp³-hybridized carbons (Fsp3) is 0.458. The second-order valence-electron chi connectivity index (χ2n) is 8.20. The number of methoxy groups -OCH3 is 1. The fourth-order valence-electron chi connectivity index (χ4n) is 3.26. The predicted octanol–water partition coefficient (Wildman–Crippen LogP) is 4.15. The molecule has 0 aliphatic heterocycles. The number of hydrogen-bond donors (Lipinski definition) is 1. The number of amides is 1. The van der Waals surface area contributed by atoms with Crippen LogP contribution in [0.1, 0.15) is 45.2 Å². The fourth-order valence-corrected chi connectivity index (χ4v) is 3.77. The standard InChI is InChI=1S/C24H34N2O5S/c1-7-23(31-21-14-10-19(11-15-21)26(4)32(6,28)29)24(27)25-22(16-17(2)3)18-8-12-20(30-5)13-9-18/h8-15,17,22-23H,7,16H2,1-6H3,(H,25,27)/t22-,23+/m0/s1. The Balaban J connectivity index is 2.12. The average Bonchev–Trinajstić information content (AvgIpc) is 2.76. The largest absolute Gasteiger partial charge is 0.497 e. The summed E-state index contributed by atoms with van der Waals surface area (Å²) in [6, 6.07) is 14.2. The van der Waals surface area contributed by atoms with E-state index in [-0.39, 0.29) is 11.9 Å². The lowest BCUT2D eigenvalue weighted by molar-refractivity contribution is -0.129. The van der Waals surface area contributed by atoms with Crippen molar-refractivity contribution in [2.45, 2.75) is 45.8 Å². The van der Waals surface area contributed by atoms with Crippen LogP contribution in [0.4, 0.5) is 5.69 Å². The summed E-state index contributed by atoms with van der Waals surface area (Å²) in [6.07, 6.45) is 1.77. The summed E-state index contributed by atoms with van der Waals surface area (Å²) in [5, 5.41) is 3.13. The first-order valence-electron chi connectivity index (χ1n) is 10.7. The Bertz CT molecular complexity index is 972. The summed E-state index contributed by atoms with van der Waals surface area (Å²) in [5.74, 6) is 1.47. The minimum Gasteiger partial charge on any atom is -0.497 e. The number of sulfonamides is 1. The first kappa shape index (κ1) is 25.5. The molecular formula is C24H34N2O5S. The van der Waals surface area contributed by atoms with Crippen LogP contribution in [0, 0.1) is 5.92 Å². The maximum absolute atomic E-state index is 13.0. The van der Waals surface area contributed by atoms with Crippen LogP contribution in [0.15, 0.2) is 48.5 Å². The van der Waals surface area contributed by atoms with Crippen molar-refractivity contribution in [1.29, 1.82) is 0 Å². The molecule has 1 N–H and O–H groups in total. The Morgan fingerprint density at radius 2 is 1.59 bits per heavy atom. The highest BCUT2D eigenvalue weighted by Crippen LogP contribution is 2.25. The van der Waals surface area contributed by atoms with Gasteiger partial charge in [-0.1, -0.05) is 32.9 Å². The normalized spacial score (nSPS) is 13.3. The first-order valence-corrected chi connectivity index (χ1v) is 12.5. The molecule has 2 aromatic carbocycles. The molecule has 0 radical (unpaired) electrons. The highest BCUT2D eigenvalue weighted by molar-refractivity contribution is 7.92. The van der Waals surface area contributed by atoms with Crippen molar-refractivity contribution in [3.05, 3.63) is 54.1 Å². The van der Waals surface area contributed by atoms with Gasteiger partial charge in [-0.15, -0.1) is 0 Å². The molecule has 0 spiro atoms. The summed E-state index contributed by atoms with van der Waals surface area (Å²) in [5.41, 5.74) is 1.53. The third kappa shape index (κ3) is 7.15. The average molecular weight is 463 g/mol. The van der Waals surface area contributed by atoms with Gasteiger partial charge in [0.25, 0.3) is 5.91 Å². The third-order valence-corrected chi connectivity index (χ3v) is 6.39. The van der Waals surface area contributed by atoms with Crippen molar-refractivity contribution < 1.29 is 22.7 Å². The number of ether oxygens (including phenoxy) is 2. The molecule has 0 saturated heterocycles. The van der Waals surface area contributed by atoms with Gasteiger partial charge in [-0.25, -0.2) is 8.42 Å². The van der Waals surface area contributed by atoms with Crippen LogP contribution in [0.2, 0.25) is 0 Å². The summed E-state index contributed by atoms with van der Waals surface area (Å²) in [4.78, 5) is 13.0. The highest BCUT2D eigenvalue weighted by atomic mass is 32.2. The molecule has 0 unspecified atom stereocenters. The summed E-state index contributed by atoms with van der Waals surface area (Å²) in [7, 11) is -0.234. The Morgan fingerprint density at radius 1 is 1.03 bits per heavy atom. The summed E-state index contributed by atoms with van der Waals surface area (Å²) >= 11 is 0. The minimum atomic E-state index is -3.34. The molecule has 176 valence electrons. The predicted molar refractivity (Wildman–Crippen MR) is 128 cm³/mol. The smallest absolute Gasteiger partial charge is 0.261 e. The van der Waals surface area contributed by atoms with Crippen molar-refractivity contribution in [3.63, 3.8) is 0 Å². The minimum absolute atomic E-state index is 0.142. The third-order valence-electron chi connectivity index (χ3n) is 5.18. The molecule has 0 heterocycles. The van der Waals surface area contributed by atoms with E-state index in [0.29, 0.717) is 23.8 Å². The second kappa shape index (κ2) is 11.2. The maximum Gasteiger partial charge on any atom is 0.261 e. The van der Waals surface area contributed by atoms with Crippen LogP contribution in [0.5, 0.6) is 11.5 Å². The highest BCUT2D eigenvalue weighted by Gasteiger charge is 2.23. The van der Waals surface area contributed by atoms with E-state index in [1.165, 1.54) is 11.4 Å². The number of nitrogens with zero attached hydrogens (tertiary/aromatic N) is 1. The van der Waals surface area contributed by atoms with Gasteiger partial charge in [0.1, 0.15) is 11.5 Å². The molecule has 8 heteroatoms. The Labute approximate surface area is 191 Å². The van der Waals surface area contributed by atoms with Crippen LogP contribution in [0.25, 0.3) is 0 Å². The van der Waals surface area contributed by atoms with E-state index in [2.05, 4.69) is 19.2 Å². The lowest BCUT2D eigenvalue weighted by Crippen LogP contribution is -2.40. The lowest BCUT2D eigenvalue weighted by Gasteiger charge is -2.25. The number of carbonyl (C=O) groups excluding carboxylic acids is 1. The van der Waals surface area contributed by atoms with Crippen LogP contribution < -0.4 is 19.1 Å². The lowest BCUT2D eigenvalue weighted by atomic mass is 9.96. The molecule has 0 saturated carbocycles. The van der Waals surface area contributed by atoms with Gasteiger partial charge in [0.2, 0.25) is 10.0 Å². The van der Waals surface area contributed by atoms with Crippen molar-refractivity contribution >= 4 is 21.6 Å². The quantitative estimate of drug-likeness (QED) is 0.542. The number of hydrogen-bond acceptors (Lipinski definition) is 5. The monoisotopic (exact) mass is 462 g/mol. The Hall–Kier alpha value is -2.74. The van der Waals surface area contributed by atoms with Crippen molar-refractivity contribution in [2.24, 2.45) is 5.92 Å². The van der Waals surface area contributed by atoms with E-state index in [1.807, 2.05) is 31.2 Å². The molecule has 32 heavy (non-hydrogen) atoms. The van der Waals surface area contributed by atoms with Crippen LogP contribution in [-0.4, -0.2) is 40.8 Å². The van der Waals surface area contributed by atoms with Gasteiger partial charge < -0.3 is 14.8 Å². The van der Waals surface area contributed by atoms with Gasteiger partial charge in [0, 0.05) is 7.05 Å². The Kier molecular flexibility index (Phi) is 8.95. The molecule has 0 aliphatic rings. The summed E-state index contributed by atoms with van der Waals surface area (Å²) < 4.78 is 35.7. The number of benzene rings is 2. The van der Waals surface area contributed by atoms with E-state index < -0.39 is 16.1 Å². The molecular weight excluding hydrogens is 428 g/mol. The van der Waals surface area contributed by atoms with E-state index >= 15 is 0 Å². The van der Waals surface area contributed by atoms with E-state index in [1.54, 1.807) is 31.4 Å². The topological polar surface area (TPSA) is 84.9 Å². The van der Waals surface area contributed by atoms with Gasteiger partial charge in [-0.2, -0.15) is 0 Å². The van der Waals surface area contributed by atoms with Gasteiger partial charge in [-0.3, -0.25) is 9.10 Å². The number of nitrogens with one attached hydrogen (secondary N) is 1. The van der Waals surface area contributed by atoms with Crippen LogP contribution >= 0.6 is 0 Å². The van der Waals surface area contributed by atoms with Crippen LogP contribution in [-0.2, 0) is 14.8 Å². The van der Waals surface area contributed by atoms with E-state index in [4.69, 9.17) is 9.47 Å². The zero-order chi connectivity index (χ0) is 23.9. The van der Waals surface area contributed by atoms with Gasteiger partial charge in [0.05, 0.1) is 25.1 Å². The molecule has 7 nitrogen and oxygen atoms in total. The van der Waals surface area contributed by atoms with Gasteiger partial charge >= 0.3 is 0 Å². The van der Waals surface area contributed by atoms with Crippen molar-refractivity contribution in [3.8, 4) is 11.5 Å². The molecule has 0 aromatic heterocycles. The zero-order valence-electron chi connectivity index (χ0n) is 19.7. The zero-order valence-corrected chi connectivity index (χ0v) is 20.5. The van der Waals surface area contributed by atoms with Crippen LogP contribution in [0.3, 0.4) is 0 Å².